The summed E-state index contributed by atoms with van der Waals surface area (Å²) in [6.07, 6.45) is -1.98. The summed E-state index contributed by atoms with van der Waals surface area (Å²) in [4.78, 5) is 0. The zero-order chi connectivity index (χ0) is 20.3. The highest BCUT2D eigenvalue weighted by molar-refractivity contribution is 6.39. The Kier molecular flexibility index (Phi) is 5.63. The molecule has 0 amide bonds. The van der Waals surface area contributed by atoms with Crippen LogP contribution in [0.25, 0.3) is 17.3 Å². The van der Waals surface area contributed by atoms with Crippen molar-refractivity contribution in [2.24, 2.45) is 0 Å². The third-order valence-corrected chi connectivity index (χ3v) is 4.37. The average Bonchev–Trinajstić information content (AvgIpc) is 3.04. The van der Waals surface area contributed by atoms with E-state index >= 15 is 0 Å². The van der Waals surface area contributed by atoms with Crippen molar-refractivity contribution in [3.05, 3.63) is 75.6 Å². The summed E-state index contributed by atoms with van der Waals surface area (Å²) < 4.78 is 44.2. The molecule has 0 aliphatic carbocycles. The van der Waals surface area contributed by atoms with Crippen molar-refractivity contribution in [2.75, 3.05) is 5.32 Å². The fourth-order valence-corrected chi connectivity index (χ4v) is 3.06. The number of nitrogens with one attached hydrogen (secondary N) is 1. The van der Waals surface area contributed by atoms with E-state index in [0.29, 0.717) is 5.56 Å². The Morgan fingerprint density at radius 1 is 1.07 bits per heavy atom. The molecule has 0 aliphatic rings. The first-order chi connectivity index (χ1) is 13.3. The molecule has 0 saturated carbocycles. The van der Waals surface area contributed by atoms with Gasteiger partial charge in [-0.1, -0.05) is 46.6 Å². The van der Waals surface area contributed by atoms with Gasteiger partial charge in [-0.25, -0.2) is 0 Å². The third kappa shape index (κ3) is 3.98. The molecule has 0 unspecified atom stereocenters. The van der Waals surface area contributed by atoms with Crippen molar-refractivity contribution in [1.29, 1.82) is 5.26 Å². The van der Waals surface area contributed by atoms with E-state index in [9.17, 15) is 18.4 Å². The third-order valence-electron chi connectivity index (χ3n) is 3.74. The summed E-state index contributed by atoms with van der Waals surface area (Å²) in [7, 11) is 0. The van der Waals surface area contributed by atoms with Crippen LogP contribution in [0.15, 0.2) is 53.2 Å². The predicted octanol–water partition coefficient (Wildman–Crippen LogP) is 6.62. The molecule has 1 aromatic heterocycles. The highest BCUT2D eigenvalue weighted by Crippen LogP contribution is 2.37. The Morgan fingerprint density at radius 2 is 1.75 bits per heavy atom. The number of aromatic nitrogens is 1. The van der Waals surface area contributed by atoms with Crippen LogP contribution in [0.1, 0.15) is 16.9 Å². The monoisotopic (exact) mass is 423 g/mol. The Bertz CT molecular complexity index is 1060. The minimum Gasteiger partial charge on any atom is -0.361 e. The van der Waals surface area contributed by atoms with E-state index in [1.54, 1.807) is 18.2 Å². The number of benzene rings is 2. The quantitative estimate of drug-likeness (QED) is 0.511. The molecule has 1 N–H and O–H groups in total. The first-order valence-electron chi connectivity index (χ1n) is 7.76. The number of para-hydroxylation sites is 1. The molecule has 0 radical (unpaired) electrons. The Labute approximate surface area is 167 Å². The van der Waals surface area contributed by atoms with Gasteiger partial charge in [-0.05, 0) is 24.3 Å². The zero-order valence-electron chi connectivity index (χ0n) is 13.9. The van der Waals surface area contributed by atoms with Crippen LogP contribution < -0.4 is 5.32 Å². The smallest absolute Gasteiger partial charge is 0.361 e. The van der Waals surface area contributed by atoms with Crippen molar-refractivity contribution < 1.29 is 17.7 Å². The van der Waals surface area contributed by atoms with Gasteiger partial charge < -0.3 is 9.84 Å². The van der Waals surface area contributed by atoms with Gasteiger partial charge in [0, 0.05) is 17.8 Å². The van der Waals surface area contributed by atoms with Crippen LogP contribution in [0.4, 0.5) is 18.9 Å². The Balaban J connectivity index is 1.92. The van der Waals surface area contributed by atoms with Gasteiger partial charge in [0.1, 0.15) is 17.3 Å². The van der Waals surface area contributed by atoms with Crippen LogP contribution in [0, 0.1) is 11.3 Å². The molecule has 0 bridgehead atoms. The SMILES string of the molecule is N#Cc1c(-c2c(Cl)cccc2Cl)noc1/C=C/Nc1ccccc1C(F)(F)F. The summed E-state index contributed by atoms with van der Waals surface area (Å²) in [6.45, 7) is 0. The molecule has 3 rings (SSSR count). The maximum Gasteiger partial charge on any atom is 0.418 e. The lowest BCUT2D eigenvalue weighted by atomic mass is 10.1. The number of alkyl halides is 3. The molecule has 0 spiro atoms. The molecular formula is C19H10Cl2F3N3O. The maximum atomic E-state index is 13.0. The second-order valence-corrected chi connectivity index (χ2v) is 6.31. The van der Waals surface area contributed by atoms with E-state index in [-0.39, 0.29) is 32.8 Å². The van der Waals surface area contributed by atoms with E-state index in [2.05, 4.69) is 10.5 Å². The molecule has 4 nitrogen and oxygen atoms in total. The summed E-state index contributed by atoms with van der Waals surface area (Å²) in [5.41, 5.74) is -0.424. The van der Waals surface area contributed by atoms with Gasteiger partial charge in [-0.2, -0.15) is 18.4 Å². The van der Waals surface area contributed by atoms with Crippen LogP contribution in [0.3, 0.4) is 0 Å². The minimum absolute atomic E-state index is 0.0467. The fraction of sp³-hybridized carbons (Fsp3) is 0.0526. The number of nitrogens with zero attached hydrogens (tertiary/aromatic N) is 2. The van der Waals surface area contributed by atoms with Crippen molar-refractivity contribution in [3.8, 4) is 17.3 Å². The summed E-state index contributed by atoms with van der Waals surface area (Å²) in [6, 6.07) is 11.8. The van der Waals surface area contributed by atoms with Crippen LogP contribution in [-0.2, 0) is 6.18 Å². The number of anilines is 1. The standard InChI is InChI=1S/C19H10Cl2F3N3O/c20-13-5-3-6-14(21)17(13)18-11(10-25)16(28-27-18)8-9-26-15-7-2-1-4-12(15)19(22,23)24/h1-9,26H/b9-8+. The number of hydrogen-bond acceptors (Lipinski definition) is 4. The Hall–Kier alpha value is -2.95. The largest absolute Gasteiger partial charge is 0.418 e. The van der Waals surface area contributed by atoms with Crippen LogP contribution in [-0.4, -0.2) is 5.16 Å². The highest BCUT2D eigenvalue weighted by Gasteiger charge is 2.32. The molecule has 142 valence electrons. The van der Waals surface area contributed by atoms with Gasteiger partial charge in [0.25, 0.3) is 0 Å². The van der Waals surface area contributed by atoms with Gasteiger partial charge in [-0.15, -0.1) is 0 Å². The topological polar surface area (TPSA) is 61.9 Å². The lowest BCUT2D eigenvalue weighted by molar-refractivity contribution is -0.136. The first-order valence-corrected chi connectivity index (χ1v) is 8.52. The summed E-state index contributed by atoms with van der Waals surface area (Å²) in [5, 5.41) is 16.4. The van der Waals surface area contributed by atoms with E-state index in [4.69, 9.17) is 27.7 Å². The second-order valence-electron chi connectivity index (χ2n) is 5.50. The normalized spacial score (nSPS) is 11.6. The van der Waals surface area contributed by atoms with Crippen molar-refractivity contribution >= 4 is 35.0 Å². The number of halogens is 5. The predicted molar refractivity (Wildman–Crippen MR) is 101 cm³/mol. The van der Waals surface area contributed by atoms with Crippen molar-refractivity contribution in [3.63, 3.8) is 0 Å². The first kappa shape index (κ1) is 19.8. The van der Waals surface area contributed by atoms with Crippen LogP contribution >= 0.6 is 23.2 Å². The van der Waals surface area contributed by atoms with Crippen molar-refractivity contribution in [1.82, 2.24) is 5.16 Å². The molecule has 2 aromatic carbocycles. The average molecular weight is 424 g/mol. The van der Waals surface area contributed by atoms with E-state index in [0.717, 1.165) is 6.07 Å². The number of nitriles is 1. The number of rotatable bonds is 4. The molecule has 28 heavy (non-hydrogen) atoms. The van der Waals surface area contributed by atoms with Gasteiger partial charge in [0.15, 0.2) is 5.76 Å². The maximum absolute atomic E-state index is 13.0. The summed E-state index contributed by atoms with van der Waals surface area (Å²) in [5.74, 6) is 0.0467. The van der Waals surface area contributed by atoms with Gasteiger partial charge in [0.2, 0.25) is 0 Å². The Morgan fingerprint density at radius 3 is 2.39 bits per heavy atom. The minimum atomic E-state index is -4.50. The van der Waals surface area contributed by atoms with Crippen LogP contribution in [0.2, 0.25) is 10.0 Å². The lowest BCUT2D eigenvalue weighted by Crippen LogP contribution is -2.08. The molecule has 3 aromatic rings. The van der Waals surface area contributed by atoms with Gasteiger partial charge in [-0.3, -0.25) is 0 Å². The fourth-order valence-electron chi connectivity index (χ4n) is 2.48. The van der Waals surface area contributed by atoms with Gasteiger partial charge in [0.05, 0.1) is 21.3 Å². The molecule has 1 heterocycles. The van der Waals surface area contributed by atoms with Gasteiger partial charge >= 0.3 is 6.18 Å². The van der Waals surface area contributed by atoms with E-state index < -0.39 is 11.7 Å². The summed E-state index contributed by atoms with van der Waals surface area (Å²) >= 11 is 12.3. The highest BCUT2D eigenvalue weighted by atomic mass is 35.5. The number of hydrogen-bond donors (Lipinski definition) is 1. The van der Waals surface area contributed by atoms with E-state index in [1.165, 1.54) is 30.5 Å². The molecular weight excluding hydrogens is 414 g/mol. The zero-order valence-corrected chi connectivity index (χ0v) is 15.4. The second kappa shape index (κ2) is 7.97. The van der Waals surface area contributed by atoms with E-state index in [1.807, 2.05) is 6.07 Å². The van der Waals surface area contributed by atoms with Crippen molar-refractivity contribution in [2.45, 2.75) is 6.18 Å². The van der Waals surface area contributed by atoms with Crippen LogP contribution in [0.5, 0.6) is 0 Å². The molecule has 0 aliphatic heterocycles. The molecule has 0 fully saturated rings. The molecule has 9 heteroatoms. The molecule has 0 atom stereocenters. The molecule has 0 saturated heterocycles. The lowest BCUT2D eigenvalue weighted by Gasteiger charge is -2.11.